The summed E-state index contributed by atoms with van der Waals surface area (Å²) in [6.45, 7) is 21.6. The molecule has 21 nitrogen and oxygen atoms in total. The minimum Gasteiger partial charge on any atom is -0.483 e. The summed E-state index contributed by atoms with van der Waals surface area (Å²) >= 11 is 0. The highest BCUT2D eigenvalue weighted by molar-refractivity contribution is 5.90. The number of esters is 1. The van der Waals surface area contributed by atoms with E-state index in [1.165, 1.54) is 14.0 Å². The first-order chi connectivity index (χ1) is 31.6. The molecule has 21 heteroatoms. The topological polar surface area (TPSA) is 285 Å². The van der Waals surface area contributed by atoms with Gasteiger partial charge in [-0.25, -0.2) is 4.79 Å². The number of hydrogen-bond donors (Lipinski definition) is 8. The number of aryl methyl sites for hydroxylation is 2. The van der Waals surface area contributed by atoms with Crippen LogP contribution in [0.25, 0.3) is 0 Å². The summed E-state index contributed by atoms with van der Waals surface area (Å²) < 4.78 is 43.1. The average Bonchev–Trinajstić information content (AvgIpc) is 3.58. The predicted molar refractivity (Wildman–Crippen MR) is 249 cm³/mol. The summed E-state index contributed by atoms with van der Waals surface area (Å²) in [6.07, 6.45) is -8.66. The molecule has 0 radical (unpaired) electrons. The normalized spacial score (nSPS) is 40.2. The number of carboxylic acid groups (broad SMARTS) is 1. The molecule has 3 fully saturated rings. The van der Waals surface area contributed by atoms with Gasteiger partial charge < -0.3 is 79.1 Å². The highest BCUT2D eigenvalue weighted by Gasteiger charge is 2.53. The van der Waals surface area contributed by atoms with Gasteiger partial charge in [0.2, 0.25) is 0 Å². The van der Waals surface area contributed by atoms with Gasteiger partial charge >= 0.3 is 12.0 Å². The summed E-state index contributed by atoms with van der Waals surface area (Å²) in [7, 11) is 5.24. The van der Waals surface area contributed by atoms with Gasteiger partial charge in [0.25, 0.3) is 6.47 Å². The molecule has 0 bridgehead atoms. The van der Waals surface area contributed by atoms with Gasteiger partial charge in [0.1, 0.15) is 41.4 Å². The first kappa shape index (κ1) is 59.2. The molecule has 0 saturated carbocycles. The number of ether oxygens (including phenoxy) is 6. The number of methoxy groups -OCH3 is 1. The Morgan fingerprint density at radius 3 is 2.19 bits per heavy atom. The van der Waals surface area contributed by atoms with Crippen molar-refractivity contribution in [1.29, 1.82) is 0 Å². The molecule has 1 aromatic rings. The molecule has 0 aliphatic carbocycles. The van der Waals surface area contributed by atoms with Crippen LogP contribution in [0.3, 0.4) is 0 Å². The second kappa shape index (κ2) is 25.4. The Bertz CT molecular complexity index is 1720. The molecule has 4 rings (SSSR count). The van der Waals surface area contributed by atoms with Gasteiger partial charge in [-0.3, -0.25) is 14.5 Å². The number of rotatable bonds is 12. The number of carbonyl (C=O) groups is 3. The molecule has 3 aliphatic heterocycles. The van der Waals surface area contributed by atoms with Gasteiger partial charge in [0.15, 0.2) is 18.3 Å². The fourth-order valence-electron chi connectivity index (χ4n) is 10.2. The highest BCUT2D eigenvalue weighted by atomic mass is 16.7. The van der Waals surface area contributed by atoms with Gasteiger partial charge in [-0.1, -0.05) is 25.9 Å². The van der Waals surface area contributed by atoms with Crippen molar-refractivity contribution in [2.75, 3.05) is 46.2 Å². The van der Waals surface area contributed by atoms with Crippen LogP contribution in [-0.4, -0.2) is 195 Å². The number of aliphatic hydroxyl groups excluding tert-OH is 3. The number of anilines is 1. The van der Waals surface area contributed by atoms with Crippen molar-refractivity contribution in [2.24, 2.45) is 17.8 Å². The lowest BCUT2D eigenvalue weighted by molar-refractivity contribution is -0.318. The number of nitrogens with zero attached hydrogens (tertiary/aromatic N) is 3. The molecule has 3 saturated heterocycles. The van der Waals surface area contributed by atoms with E-state index in [-0.39, 0.29) is 50.3 Å². The molecule has 2 amide bonds. The second-order valence-electron chi connectivity index (χ2n) is 20.3. The summed E-state index contributed by atoms with van der Waals surface area (Å²) in [4.78, 5) is 39.6. The number of aromatic nitrogens is 1. The van der Waals surface area contributed by atoms with Crippen molar-refractivity contribution < 1.29 is 78.0 Å². The Balaban J connectivity index is 0.00000397. The van der Waals surface area contributed by atoms with Crippen LogP contribution in [0.5, 0.6) is 0 Å². The van der Waals surface area contributed by atoms with Gasteiger partial charge in [-0.15, -0.1) is 0 Å². The highest BCUT2D eigenvalue weighted by Crippen LogP contribution is 2.40. The van der Waals surface area contributed by atoms with E-state index in [0.29, 0.717) is 43.1 Å². The van der Waals surface area contributed by atoms with Crippen molar-refractivity contribution in [3.05, 3.63) is 11.5 Å². The Labute approximate surface area is 402 Å². The number of urea groups is 1. The molecule has 3 aliphatic rings. The minimum atomic E-state index is -1.93. The zero-order valence-electron chi connectivity index (χ0n) is 43.0. The lowest BCUT2D eigenvalue weighted by Gasteiger charge is -2.48. The van der Waals surface area contributed by atoms with Crippen LogP contribution in [0, 0.1) is 31.6 Å². The molecule has 394 valence electrons. The van der Waals surface area contributed by atoms with E-state index in [2.05, 4.69) is 15.8 Å². The van der Waals surface area contributed by atoms with Crippen molar-refractivity contribution in [1.82, 2.24) is 20.3 Å². The lowest BCUT2D eigenvalue weighted by atomic mass is 9.77. The van der Waals surface area contributed by atoms with E-state index >= 15 is 0 Å². The Kier molecular flexibility index (Phi) is 22.1. The maximum atomic E-state index is 14.5. The third-order valence-corrected chi connectivity index (χ3v) is 14.2. The number of aliphatic hydroxyl groups is 5. The number of cyclic esters (lactones) is 1. The first-order valence-electron chi connectivity index (χ1n) is 23.9. The zero-order valence-corrected chi connectivity index (χ0v) is 43.0. The summed E-state index contributed by atoms with van der Waals surface area (Å²) in [5.74, 6) is -2.43. The molecule has 8 N–H and O–H groups in total. The average molecular weight is 976 g/mol. The summed E-state index contributed by atoms with van der Waals surface area (Å²) in [5.41, 5.74) is -3.61. The number of nitrogens with one attached hydrogen (secondary N) is 2. The van der Waals surface area contributed by atoms with Crippen molar-refractivity contribution in [2.45, 2.75) is 205 Å². The van der Waals surface area contributed by atoms with Crippen LogP contribution in [-0.2, 0) is 38.0 Å². The van der Waals surface area contributed by atoms with Crippen LogP contribution >= 0.6 is 0 Å². The van der Waals surface area contributed by atoms with E-state index in [1.54, 1.807) is 62.3 Å². The monoisotopic (exact) mass is 976 g/mol. The molecule has 18 atom stereocenters. The second-order valence-corrected chi connectivity index (χ2v) is 20.3. The van der Waals surface area contributed by atoms with E-state index in [1.807, 2.05) is 37.7 Å². The van der Waals surface area contributed by atoms with Crippen molar-refractivity contribution in [3.8, 4) is 0 Å². The molecule has 0 unspecified atom stereocenters. The Morgan fingerprint density at radius 1 is 1.00 bits per heavy atom. The van der Waals surface area contributed by atoms with Crippen LogP contribution in [0.4, 0.5) is 10.5 Å². The fourth-order valence-corrected chi connectivity index (χ4v) is 10.2. The molecule has 1 aromatic heterocycles. The molecule has 0 spiro atoms. The predicted octanol–water partition coefficient (Wildman–Crippen LogP) is 2.79. The van der Waals surface area contributed by atoms with Gasteiger partial charge in [-0.05, 0) is 108 Å². The molecule has 0 aromatic carbocycles. The largest absolute Gasteiger partial charge is 0.483 e. The van der Waals surface area contributed by atoms with Gasteiger partial charge in [0, 0.05) is 51.2 Å². The van der Waals surface area contributed by atoms with E-state index < -0.39 is 102 Å². The molecular weight excluding hydrogens is 891 g/mol. The maximum Gasteiger partial charge on any atom is 0.319 e. The quantitative estimate of drug-likeness (QED) is 0.0849. The van der Waals surface area contributed by atoms with Gasteiger partial charge in [0.05, 0.1) is 41.5 Å². The number of likely N-dealkylation sites (N-methyl/N-ethyl adjacent to an activating group) is 1. The van der Waals surface area contributed by atoms with Crippen LogP contribution in [0.1, 0.15) is 113 Å². The fraction of sp³-hybridized carbons (Fsp3) is 0.872. The lowest BCUT2D eigenvalue weighted by Crippen LogP contribution is -2.60. The maximum absolute atomic E-state index is 14.5. The first-order valence-corrected chi connectivity index (χ1v) is 23.9. The molecular formula is C47H85N5O16. The zero-order chi connectivity index (χ0) is 51.6. The van der Waals surface area contributed by atoms with E-state index in [9.17, 15) is 35.1 Å². The SMILES string of the molecule is CC[C@H]1OC(=O)[C@H](C)[C@@H](O[C@H]2C[C@@](C)(OC)[C@@H](O)[C@H](C)O2)[C@H](C)[C@@H](O[C@@H]2O[C@H](C)C[C@H](N(C)C)[C@H]2O)[C@](C)(O)C[C@@H](C)CN(CCCNC(=O)Nc2c(C)noc2C)[C@H](C)[C@@H](O)[C@]1(C)O.O=CO. The van der Waals surface area contributed by atoms with E-state index in [4.69, 9.17) is 42.8 Å². The van der Waals surface area contributed by atoms with Crippen LogP contribution in [0.15, 0.2) is 4.52 Å². The molecule has 4 heterocycles. The smallest absolute Gasteiger partial charge is 0.319 e. The number of amides is 2. The Morgan fingerprint density at radius 2 is 1.63 bits per heavy atom. The summed E-state index contributed by atoms with van der Waals surface area (Å²) in [5, 5.41) is 76.2. The summed E-state index contributed by atoms with van der Waals surface area (Å²) in [6, 6.07) is -1.45. The third-order valence-electron chi connectivity index (χ3n) is 14.2. The number of hydrogen-bond acceptors (Lipinski definition) is 18. The Hall–Kier alpha value is -3.06. The third kappa shape index (κ3) is 14.8. The standard InChI is InChI=1S/C46H83N5O14.CH2O2/c1-16-33-46(12,58)38(53)29(7)51(19-17-18-47-43(56)48-35-28(6)49-65-30(35)8)23-24(2)21-44(10,57)40(64-42-36(52)32(50(13)14)20-25(3)60-42)26(4)37(27(5)41(55)62-33)63-34-22-45(11,59-15)39(54)31(9)61-34;2-1-3/h24-27,29,31-34,36-40,42,52-54,57-58H,16-23H2,1-15H3,(H2,47,48,56);1H,(H,2,3)/t24-,25-,26+,27-,29-,31+,32+,33-,34+,36-,37+,38-,39+,40-,42+,44-,45-,46-;/m1./s1. The minimum absolute atomic E-state index is 0.0963. The van der Waals surface area contributed by atoms with Crippen molar-refractivity contribution >= 4 is 24.2 Å². The van der Waals surface area contributed by atoms with Gasteiger partial charge in [-0.2, -0.15) is 0 Å². The molecule has 68 heavy (non-hydrogen) atoms. The number of carbonyl (C=O) groups excluding carboxylic acids is 2. The van der Waals surface area contributed by atoms with Crippen LogP contribution in [0.2, 0.25) is 0 Å². The van der Waals surface area contributed by atoms with E-state index in [0.717, 1.165) is 0 Å². The van der Waals surface area contributed by atoms with Crippen LogP contribution < -0.4 is 10.6 Å². The van der Waals surface area contributed by atoms with Crippen molar-refractivity contribution in [3.63, 3.8) is 0 Å².